The van der Waals surface area contributed by atoms with Crippen LogP contribution in [-0.2, 0) is 60.0 Å². The molecule has 22 nitrogen and oxygen atoms in total. The molecule has 2 unspecified atom stereocenters. The zero-order valence-electron chi connectivity index (χ0n) is 33.2. The Balaban J connectivity index is 0.0000348. The summed E-state index contributed by atoms with van der Waals surface area (Å²) in [7, 11) is -7.21. The van der Waals surface area contributed by atoms with Gasteiger partial charge in [-0.3, -0.25) is 4.52 Å². The summed E-state index contributed by atoms with van der Waals surface area (Å²) in [4.78, 5) is 60.3. The lowest BCUT2D eigenvalue weighted by Gasteiger charge is -2.22. The van der Waals surface area contributed by atoms with Crippen molar-refractivity contribution >= 4 is 86.1 Å². The average Bonchev–Trinajstić information content (AvgIpc) is 3.52. The highest BCUT2D eigenvalue weighted by Crippen LogP contribution is 2.66. The Bertz CT molecular complexity index is 1410. The number of amides is 2. The maximum Gasteiger partial charge on any atom is 0.490 e. The van der Waals surface area contributed by atoms with E-state index >= 15 is 0 Å². The van der Waals surface area contributed by atoms with Crippen LogP contribution in [0.5, 0.6) is 0 Å². The van der Waals surface area contributed by atoms with Crippen molar-refractivity contribution in [1.29, 1.82) is 0 Å². The number of carbonyl (C=O) groups is 2. The van der Waals surface area contributed by atoms with Crippen molar-refractivity contribution in [3.63, 3.8) is 0 Å². The van der Waals surface area contributed by atoms with Gasteiger partial charge >= 0.3 is 35.7 Å². The van der Waals surface area contributed by atoms with Crippen molar-refractivity contribution < 1.29 is 90.6 Å². The van der Waals surface area contributed by atoms with Gasteiger partial charge in [0.25, 0.3) is 7.28 Å². The summed E-state index contributed by atoms with van der Waals surface area (Å²) in [6, 6.07) is -0.625. The summed E-state index contributed by atoms with van der Waals surface area (Å²) in [6.07, 6.45) is 1.26. The molecule has 7 N–H and O–H groups in total. The molecular formula is C29H58BN3O19P3S4. The largest absolute Gasteiger partial charge is 0.490 e. The molecule has 0 aliphatic carbocycles. The Kier molecular flexibility index (Phi) is 31.2. The highest BCUT2D eigenvalue weighted by atomic mass is 33.1. The van der Waals surface area contributed by atoms with Crippen LogP contribution in [0.1, 0.15) is 41.0 Å². The van der Waals surface area contributed by atoms with Crippen LogP contribution in [-0.4, -0.2) is 160 Å². The lowest BCUT2D eigenvalue weighted by molar-refractivity contribution is -0.0240. The predicted octanol–water partition coefficient (Wildman–Crippen LogP) is 3.72. The zero-order valence-corrected chi connectivity index (χ0v) is 39.2. The predicted molar refractivity (Wildman–Crippen MR) is 228 cm³/mol. The van der Waals surface area contributed by atoms with Gasteiger partial charge in [-0.05, 0) is 52.8 Å². The molecule has 0 aromatic heterocycles. The molecule has 1 saturated heterocycles. The first-order chi connectivity index (χ1) is 27.9. The average molecular weight is 985 g/mol. The summed E-state index contributed by atoms with van der Waals surface area (Å²) >= 11 is 0. The summed E-state index contributed by atoms with van der Waals surface area (Å²) in [5, 5.41) is 8.15. The van der Waals surface area contributed by atoms with Gasteiger partial charge in [0, 0.05) is 31.9 Å². The zero-order chi connectivity index (χ0) is 44.0. The normalized spacial score (nSPS) is 18.9. The Morgan fingerprint density at radius 1 is 0.864 bits per heavy atom. The van der Waals surface area contributed by atoms with Crippen LogP contribution < -0.4 is 16.0 Å². The Morgan fingerprint density at radius 2 is 1.54 bits per heavy atom. The quantitative estimate of drug-likeness (QED) is 0.0121. The Labute approximate surface area is 363 Å². The van der Waals surface area contributed by atoms with Crippen LogP contribution in [0.2, 0.25) is 0 Å². The number of carbonyl (C=O) groups excluding carboxylic acids is 2. The first-order valence-electron chi connectivity index (χ1n) is 17.9. The van der Waals surface area contributed by atoms with Crippen LogP contribution in [0.25, 0.3) is 0 Å². The minimum atomic E-state index is -5.67. The van der Waals surface area contributed by atoms with Gasteiger partial charge in [-0.15, -0.1) is 0 Å². The van der Waals surface area contributed by atoms with E-state index < -0.39 is 60.5 Å². The van der Waals surface area contributed by atoms with E-state index in [0.717, 1.165) is 6.54 Å². The fourth-order valence-corrected chi connectivity index (χ4v) is 10.2. The first kappa shape index (κ1) is 56.8. The van der Waals surface area contributed by atoms with Crippen molar-refractivity contribution in [2.45, 2.75) is 62.5 Å². The van der Waals surface area contributed by atoms with Crippen molar-refractivity contribution in [3.05, 3.63) is 0 Å². The molecule has 0 bridgehead atoms. The SMILES string of the molecule is CNCCOCCOCCNC(=O)OCCC(C)(C)SSCOCCCCOC(=O)NCC#C[B][C@H]1C[C@H](OCSSC)[C@@H](COP(=O)(O)OP(=O)(O)OP(=O)(O)O)O1.[HH]. The van der Waals surface area contributed by atoms with E-state index in [9.17, 15) is 33.1 Å². The molecule has 1 radical (unpaired) electrons. The first-order valence-corrected chi connectivity index (χ1v) is 27.5. The van der Waals surface area contributed by atoms with Crippen LogP contribution in [0.15, 0.2) is 0 Å². The van der Waals surface area contributed by atoms with Crippen molar-refractivity contribution in [1.82, 2.24) is 16.0 Å². The molecule has 1 fully saturated rings. The summed E-state index contributed by atoms with van der Waals surface area (Å²) < 4.78 is 84.8. The lowest BCUT2D eigenvalue weighted by atomic mass is 9.71. The third-order valence-electron chi connectivity index (χ3n) is 6.84. The molecule has 2 amide bonds. The van der Waals surface area contributed by atoms with Gasteiger partial charge < -0.3 is 68.7 Å². The van der Waals surface area contributed by atoms with E-state index in [2.05, 4.69) is 50.2 Å². The highest BCUT2D eigenvalue weighted by molar-refractivity contribution is 8.77. The van der Waals surface area contributed by atoms with Gasteiger partial charge in [-0.1, -0.05) is 49.1 Å². The second kappa shape index (κ2) is 32.4. The summed E-state index contributed by atoms with van der Waals surface area (Å²) in [5.74, 6) is 6.16. The maximum atomic E-state index is 12.1. The molecule has 0 aromatic carbocycles. The molecule has 1 heterocycles. The van der Waals surface area contributed by atoms with Crippen LogP contribution >= 0.6 is 66.6 Å². The number of unbranched alkanes of at least 4 members (excludes halogenated alkanes) is 1. The number of alkyl carbamates (subject to hydrolysis) is 2. The van der Waals surface area contributed by atoms with E-state index in [1.807, 2.05) is 13.3 Å². The molecule has 1 aliphatic rings. The Hall–Kier alpha value is -0.265. The molecule has 1 rings (SSSR count). The molecule has 30 heteroatoms. The van der Waals surface area contributed by atoms with Crippen molar-refractivity contribution in [3.8, 4) is 11.7 Å². The second-order valence-electron chi connectivity index (χ2n) is 12.3. The smallest absolute Gasteiger partial charge is 0.450 e. The third kappa shape index (κ3) is 33.0. The molecule has 1 aliphatic heterocycles. The fourth-order valence-electron chi connectivity index (χ4n) is 4.13. The summed E-state index contributed by atoms with van der Waals surface area (Å²) in [5.41, 5.74) is 0. The van der Waals surface area contributed by atoms with Gasteiger partial charge in [0.15, 0.2) is 0 Å². The van der Waals surface area contributed by atoms with Crippen molar-refractivity contribution in [2.24, 2.45) is 0 Å². The van der Waals surface area contributed by atoms with Gasteiger partial charge in [0.05, 0.1) is 58.9 Å². The van der Waals surface area contributed by atoms with Gasteiger partial charge in [0.1, 0.15) is 18.0 Å². The lowest BCUT2D eigenvalue weighted by Crippen LogP contribution is -2.29. The van der Waals surface area contributed by atoms with Crippen LogP contribution in [0, 0.1) is 11.7 Å². The molecule has 0 spiro atoms. The molecule has 345 valence electrons. The molecule has 5 atom stereocenters. The Morgan fingerprint density at radius 3 is 2.24 bits per heavy atom. The molecule has 59 heavy (non-hydrogen) atoms. The summed E-state index contributed by atoms with van der Waals surface area (Å²) in [6.45, 7) is 7.44. The van der Waals surface area contributed by atoms with Gasteiger partial charge in [-0.2, -0.15) is 14.4 Å². The van der Waals surface area contributed by atoms with E-state index in [1.165, 1.54) is 28.9 Å². The number of phosphoric ester groups is 1. The van der Waals surface area contributed by atoms with E-state index in [1.54, 1.807) is 21.6 Å². The van der Waals surface area contributed by atoms with Gasteiger partial charge in [-0.25, -0.2) is 23.3 Å². The van der Waals surface area contributed by atoms with Crippen molar-refractivity contribution in [2.75, 3.05) is 97.7 Å². The van der Waals surface area contributed by atoms with Gasteiger partial charge in [0.2, 0.25) is 0 Å². The third-order valence-corrected chi connectivity index (χ3v) is 15.1. The number of rotatable bonds is 34. The topological polar surface area (TPSA) is 295 Å². The number of hydrogen-bond acceptors (Lipinski definition) is 20. The minimum absolute atomic E-state index is 0. The minimum Gasteiger partial charge on any atom is -0.450 e. The standard InChI is InChI=1S/C29H56BN3O19P3S4.H2/c1-29(2,8-15-47-28(35)33-12-17-44-19-18-43-16-11-31-3)59-58-22-45-13-5-6-14-46-27(34)32-10-7-9-30-26-20-24(48-23-57-56-4)25(50-26)21-49-54(39,40)52-55(41,42)51-53(36,37)38;/h24-26,31H,5-6,8,10-23H2,1-4H3,(H,32,34)(H,33,35)(H,39,40)(H,41,42)(H2,36,37,38);1H/t24-,25+,26+;/m0./s1. The number of likely N-dealkylation sites (N-methyl/N-ethyl adjacent to an activating group) is 1. The number of ether oxygens (including phenoxy) is 7. The number of phosphoric acid groups is 3. The number of hydrogen-bond donors (Lipinski definition) is 7. The molecule has 0 aromatic rings. The fraction of sp³-hybridized carbons (Fsp3) is 0.862. The van der Waals surface area contributed by atoms with E-state index in [4.69, 9.17) is 47.5 Å². The number of nitrogens with one attached hydrogen (secondary N) is 3. The van der Waals surface area contributed by atoms with E-state index in [0.29, 0.717) is 64.8 Å². The maximum absolute atomic E-state index is 12.1. The van der Waals surface area contributed by atoms with E-state index in [-0.39, 0.29) is 38.3 Å². The van der Waals surface area contributed by atoms with Crippen LogP contribution in [0.3, 0.4) is 0 Å². The molecule has 0 saturated carbocycles. The second-order valence-corrected chi connectivity index (χ2v) is 22.1. The monoisotopic (exact) mass is 984 g/mol. The van der Waals surface area contributed by atoms with Crippen LogP contribution in [0.4, 0.5) is 9.59 Å². The highest BCUT2D eigenvalue weighted by Gasteiger charge is 2.43. The molecular weight excluding hydrogens is 926 g/mol.